The molecule has 3 rings (SSSR count). The summed E-state index contributed by atoms with van der Waals surface area (Å²) in [6.07, 6.45) is 4.93. The molecule has 1 fully saturated rings. The lowest BCUT2D eigenvalue weighted by Crippen LogP contribution is -2.28. The lowest BCUT2D eigenvalue weighted by molar-refractivity contribution is 0.192. The average Bonchev–Trinajstić information content (AvgIpc) is 2.88. The van der Waals surface area contributed by atoms with E-state index in [1.54, 1.807) is 14.2 Å². The predicted octanol–water partition coefficient (Wildman–Crippen LogP) is 4.84. The van der Waals surface area contributed by atoms with E-state index in [1.165, 1.54) is 36.8 Å². The molecule has 1 N–H and O–H groups in total. The van der Waals surface area contributed by atoms with E-state index in [9.17, 15) is 5.11 Å². The number of phenols is 1. The topological polar surface area (TPSA) is 41.9 Å². The van der Waals surface area contributed by atoms with E-state index in [0.29, 0.717) is 17.5 Å². The fourth-order valence-electron chi connectivity index (χ4n) is 3.89. The van der Waals surface area contributed by atoms with Gasteiger partial charge in [0.2, 0.25) is 5.75 Å². The number of rotatable bonds is 5. The van der Waals surface area contributed by atoms with Crippen LogP contribution in [0.1, 0.15) is 48.4 Å². The van der Waals surface area contributed by atoms with Gasteiger partial charge in [-0.15, -0.1) is 0 Å². The van der Waals surface area contributed by atoms with Crippen molar-refractivity contribution >= 4 is 0 Å². The second kappa shape index (κ2) is 8.45. The highest BCUT2D eigenvalue weighted by atomic mass is 16.5. The lowest BCUT2D eigenvalue weighted by atomic mass is 9.98. The largest absolute Gasteiger partial charge is 0.502 e. The number of hydrogen-bond acceptors (Lipinski definition) is 4. The Hall–Kier alpha value is -2.20. The van der Waals surface area contributed by atoms with Gasteiger partial charge in [0.1, 0.15) is 0 Å². The van der Waals surface area contributed by atoms with Crippen LogP contribution in [0.15, 0.2) is 36.4 Å². The van der Waals surface area contributed by atoms with Crippen molar-refractivity contribution in [1.82, 2.24) is 4.90 Å². The van der Waals surface area contributed by atoms with Gasteiger partial charge in [-0.25, -0.2) is 0 Å². The van der Waals surface area contributed by atoms with Crippen LogP contribution >= 0.6 is 0 Å². The summed E-state index contributed by atoms with van der Waals surface area (Å²) in [5.74, 6) is 0.979. The Morgan fingerprint density at radius 2 is 1.77 bits per heavy atom. The Bertz CT molecular complexity index is 719. The number of likely N-dealkylation sites (tertiary alicyclic amines) is 1. The first-order valence-electron chi connectivity index (χ1n) is 9.37. The third-order valence-electron chi connectivity index (χ3n) is 5.22. The summed E-state index contributed by atoms with van der Waals surface area (Å²) < 4.78 is 10.6. The van der Waals surface area contributed by atoms with Gasteiger partial charge in [0.25, 0.3) is 0 Å². The van der Waals surface area contributed by atoms with Crippen molar-refractivity contribution < 1.29 is 14.6 Å². The smallest absolute Gasteiger partial charge is 0.200 e. The molecule has 0 amide bonds. The minimum absolute atomic E-state index is 0.0600. The van der Waals surface area contributed by atoms with Crippen LogP contribution in [0.4, 0.5) is 0 Å². The maximum Gasteiger partial charge on any atom is 0.200 e. The molecule has 1 atom stereocenters. The van der Waals surface area contributed by atoms with Gasteiger partial charge in [0.15, 0.2) is 11.5 Å². The van der Waals surface area contributed by atoms with Crippen LogP contribution < -0.4 is 9.47 Å². The van der Waals surface area contributed by atoms with E-state index in [4.69, 9.17) is 9.47 Å². The van der Waals surface area contributed by atoms with Crippen molar-refractivity contribution in [3.8, 4) is 17.2 Å². The summed E-state index contributed by atoms with van der Waals surface area (Å²) >= 11 is 0. The van der Waals surface area contributed by atoms with Crippen LogP contribution in [0.5, 0.6) is 17.2 Å². The Morgan fingerprint density at radius 3 is 2.42 bits per heavy atom. The first kappa shape index (κ1) is 18.6. The van der Waals surface area contributed by atoms with E-state index in [1.807, 2.05) is 12.1 Å². The molecule has 140 valence electrons. The van der Waals surface area contributed by atoms with E-state index >= 15 is 0 Å². The molecule has 2 aromatic rings. The minimum atomic E-state index is 0.0600. The molecule has 4 nitrogen and oxygen atoms in total. The maximum absolute atomic E-state index is 10.2. The zero-order valence-electron chi connectivity index (χ0n) is 16.0. The molecule has 1 aliphatic heterocycles. The van der Waals surface area contributed by atoms with Crippen LogP contribution in [-0.4, -0.2) is 30.8 Å². The van der Waals surface area contributed by atoms with Crippen molar-refractivity contribution in [1.29, 1.82) is 0 Å². The number of aromatic hydroxyl groups is 1. The quantitative estimate of drug-likeness (QED) is 0.834. The standard InChI is InChI=1S/C22H29NO3/c1-16-8-7-9-18(12-16)19-10-5-4-6-11-23(19)15-17-13-20(25-2)22(24)21(14-17)26-3/h7-9,12-14,19,24H,4-6,10-11,15H2,1-3H3/t19-/m0/s1. The Morgan fingerprint density at radius 1 is 1.04 bits per heavy atom. The van der Waals surface area contributed by atoms with E-state index in [-0.39, 0.29) is 5.75 Å². The Labute approximate surface area is 156 Å². The van der Waals surface area contributed by atoms with E-state index in [0.717, 1.165) is 18.7 Å². The molecule has 0 unspecified atom stereocenters. The normalized spacial score (nSPS) is 18.3. The average molecular weight is 355 g/mol. The molecule has 0 aromatic heterocycles. The van der Waals surface area contributed by atoms with E-state index in [2.05, 4.69) is 36.1 Å². The zero-order chi connectivity index (χ0) is 18.5. The molecule has 1 saturated heterocycles. The monoisotopic (exact) mass is 355 g/mol. The van der Waals surface area contributed by atoms with Gasteiger partial charge in [0, 0.05) is 12.6 Å². The van der Waals surface area contributed by atoms with Gasteiger partial charge in [-0.05, 0) is 49.6 Å². The molecule has 4 heteroatoms. The summed E-state index contributed by atoms with van der Waals surface area (Å²) in [5, 5.41) is 10.2. The lowest BCUT2D eigenvalue weighted by Gasteiger charge is -2.31. The van der Waals surface area contributed by atoms with Crippen molar-refractivity contribution in [2.75, 3.05) is 20.8 Å². The summed E-state index contributed by atoms with van der Waals surface area (Å²) in [7, 11) is 3.14. The highest BCUT2D eigenvalue weighted by molar-refractivity contribution is 5.52. The van der Waals surface area contributed by atoms with Gasteiger partial charge < -0.3 is 14.6 Å². The molecule has 0 spiro atoms. The molecule has 2 aromatic carbocycles. The molecule has 1 aliphatic rings. The molecule has 0 radical (unpaired) electrons. The number of benzene rings is 2. The molecular weight excluding hydrogens is 326 g/mol. The predicted molar refractivity (Wildman–Crippen MR) is 104 cm³/mol. The fourth-order valence-corrected chi connectivity index (χ4v) is 3.89. The van der Waals surface area contributed by atoms with Gasteiger partial charge in [-0.1, -0.05) is 42.7 Å². The van der Waals surface area contributed by atoms with Crippen molar-refractivity contribution in [2.45, 2.75) is 45.2 Å². The summed E-state index contributed by atoms with van der Waals surface area (Å²) in [4.78, 5) is 2.55. The van der Waals surface area contributed by atoms with Crippen molar-refractivity contribution in [3.63, 3.8) is 0 Å². The van der Waals surface area contributed by atoms with Crippen molar-refractivity contribution in [2.24, 2.45) is 0 Å². The number of phenolic OH excluding ortho intramolecular Hbond substituents is 1. The first-order chi connectivity index (χ1) is 12.6. The first-order valence-corrected chi connectivity index (χ1v) is 9.37. The molecule has 26 heavy (non-hydrogen) atoms. The summed E-state index contributed by atoms with van der Waals surface area (Å²) in [6.45, 7) is 4.04. The molecule has 1 heterocycles. The minimum Gasteiger partial charge on any atom is -0.502 e. The highest BCUT2D eigenvalue weighted by Crippen LogP contribution is 2.39. The van der Waals surface area contributed by atoms with Crippen LogP contribution in [0.25, 0.3) is 0 Å². The number of nitrogens with zero attached hydrogens (tertiary/aromatic N) is 1. The SMILES string of the molecule is COc1cc(CN2CCCCC[C@H]2c2cccc(C)c2)cc(OC)c1O. The highest BCUT2D eigenvalue weighted by Gasteiger charge is 2.23. The molecular formula is C22H29NO3. The van der Waals surface area contributed by atoms with Gasteiger partial charge in [0.05, 0.1) is 14.2 Å². The fraction of sp³-hybridized carbons (Fsp3) is 0.455. The van der Waals surface area contributed by atoms with Crippen molar-refractivity contribution in [3.05, 3.63) is 53.1 Å². The summed E-state index contributed by atoms with van der Waals surface area (Å²) in [6, 6.07) is 13.1. The van der Waals surface area contributed by atoms with Gasteiger partial charge in [-0.2, -0.15) is 0 Å². The number of aryl methyl sites for hydroxylation is 1. The van der Waals surface area contributed by atoms with Crippen LogP contribution in [0.2, 0.25) is 0 Å². The Balaban J connectivity index is 1.90. The number of ether oxygens (including phenoxy) is 2. The zero-order valence-corrected chi connectivity index (χ0v) is 16.0. The molecule has 0 aliphatic carbocycles. The third-order valence-corrected chi connectivity index (χ3v) is 5.22. The molecule has 0 bridgehead atoms. The maximum atomic E-state index is 10.2. The van der Waals surface area contributed by atoms with Crippen LogP contribution in [-0.2, 0) is 6.54 Å². The third kappa shape index (κ3) is 4.13. The second-order valence-electron chi connectivity index (χ2n) is 7.10. The molecule has 0 saturated carbocycles. The number of hydrogen-bond donors (Lipinski definition) is 1. The van der Waals surface area contributed by atoms with E-state index < -0.39 is 0 Å². The summed E-state index contributed by atoms with van der Waals surface area (Å²) in [5.41, 5.74) is 3.79. The number of methoxy groups -OCH3 is 2. The van der Waals surface area contributed by atoms with Gasteiger partial charge in [-0.3, -0.25) is 4.90 Å². The van der Waals surface area contributed by atoms with Crippen LogP contribution in [0.3, 0.4) is 0 Å². The van der Waals surface area contributed by atoms with Gasteiger partial charge >= 0.3 is 0 Å². The second-order valence-corrected chi connectivity index (χ2v) is 7.10. The Kier molecular flexibility index (Phi) is 6.04. The van der Waals surface area contributed by atoms with Crippen LogP contribution in [0, 0.1) is 6.92 Å².